The van der Waals surface area contributed by atoms with Gasteiger partial charge >= 0.3 is 13.8 Å². The lowest BCUT2D eigenvalue weighted by molar-refractivity contribution is -0.155. The molecule has 0 spiro atoms. The number of rotatable bonds is 13. The third-order valence-corrected chi connectivity index (χ3v) is 8.53. The first-order chi connectivity index (χ1) is 19.7. The number of fused-ring (bicyclic) bond motifs is 1. The van der Waals surface area contributed by atoms with Gasteiger partial charge in [0.2, 0.25) is 22.5 Å². The predicted molar refractivity (Wildman–Crippen MR) is 154 cm³/mol. The van der Waals surface area contributed by atoms with Gasteiger partial charge in [0.25, 0.3) is 5.91 Å². The monoisotopic (exact) mass is 623 g/mol. The molecular formula is C27H34N3O10PS. The van der Waals surface area contributed by atoms with E-state index in [1.165, 1.54) is 11.4 Å². The second-order valence-electron chi connectivity index (χ2n) is 10.4. The first-order valence-corrected chi connectivity index (χ1v) is 16.7. The Morgan fingerprint density at radius 3 is 2.48 bits per heavy atom. The molecule has 1 aromatic carbocycles. The van der Waals surface area contributed by atoms with Crippen molar-refractivity contribution >= 4 is 46.6 Å². The van der Waals surface area contributed by atoms with Gasteiger partial charge in [-0.15, -0.1) is 0 Å². The summed E-state index contributed by atoms with van der Waals surface area (Å²) < 4.78 is 52.9. The molecule has 0 saturated heterocycles. The average Bonchev–Trinajstić information content (AvgIpc) is 3.69. The number of hydrogen-bond donors (Lipinski definition) is 3. The molecule has 3 aromatic rings. The van der Waals surface area contributed by atoms with Gasteiger partial charge in [0.15, 0.2) is 0 Å². The van der Waals surface area contributed by atoms with Crippen molar-refractivity contribution in [3.05, 3.63) is 47.0 Å². The van der Waals surface area contributed by atoms with E-state index in [4.69, 9.17) is 18.9 Å². The molecular weight excluding hydrogens is 589 g/mol. The van der Waals surface area contributed by atoms with Gasteiger partial charge in [-0.1, -0.05) is 36.8 Å². The molecule has 0 aliphatic heterocycles. The summed E-state index contributed by atoms with van der Waals surface area (Å²) in [5.41, 5.74) is 2.85. The molecule has 1 amide bonds. The number of nitrogens with zero attached hydrogens (tertiary/aromatic N) is 2. The summed E-state index contributed by atoms with van der Waals surface area (Å²) in [6, 6.07) is 9.28. The van der Waals surface area contributed by atoms with Gasteiger partial charge < -0.3 is 24.3 Å². The van der Waals surface area contributed by atoms with Gasteiger partial charge in [0.1, 0.15) is 11.6 Å². The number of ether oxygens (including phenoxy) is 1. The molecule has 1 aliphatic rings. The molecule has 15 heteroatoms. The first kappa shape index (κ1) is 31.6. The van der Waals surface area contributed by atoms with Crippen LogP contribution in [0.4, 0.5) is 5.82 Å². The number of furan rings is 1. The number of carbonyl (C=O) groups is 2. The Hall–Kier alpha value is -3.29. The van der Waals surface area contributed by atoms with Crippen molar-refractivity contribution in [1.29, 1.82) is 0 Å². The predicted octanol–water partition coefficient (Wildman–Crippen LogP) is 3.83. The van der Waals surface area contributed by atoms with Crippen LogP contribution in [0.3, 0.4) is 0 Å². The Kier molecular flexibility index (Phi) is 9.43. The smallest absolute Gasteiger partial charge is 0.438 e. The number of amides is 1. The van der Waals surface area contributed by atoms with Gasteiger partial charge in [-0.05, 0) is 50.2 Å². The van der Waals surface area contributed by atoms with E-state index in [0.717, 1.165) is 24.7 Å². The number of esters is 1. The van der Waals surface area contributed by atoms with Crippen LogP contribution in [0.25, 0.3) is 22.4 Å². The number of hydrogen-bond acceptors (Lipinski definition) is 9. The fourth-order valence-electron chi connectivity index (χ4n) is 4.57. The van der Waals surface area contributed by atoms with Crippen LogP contribution >= 0.6 is 7.82 Å². The number of pyridine rings is 1. The van der Waals surface area contributed by atoms with Crippen LogP contribution in [0.1, 0.15) is 60.0 Å². The first-order valence-electron chi connectivity index (χ1n) is 13.3. The van der Waals surface area contributed by atoms with Crippen molar-refractivity contribution in [2.24, 2.45) is 5.92 Å². The summed E-state index contributed by atoms with van der Waals surface area (Å²) in [6.45, 7) is 2.60. The SMILES string of the molecule is CNC(=O)c1c(-c2ccc(C)cc2)oc2nc(N(CCC[C@H](C)C(=O)OCOP(=O)(O)O)S(C)(=O)=O)c(C3CC3)cc12. The van der Waals surface area contributed by atoms with Crippen LogP contribution in [-0.4, -0.2) is 61.7 Å². The summed E-state index contributed by atoms with van der Waals surface area (Å²) in [5.74, 6) is -1.18. The molecule has 3 N–H and O–H groups in total. The number of nitrogens with one attached hydrogen (secondary N) is 1. The van der Waals surface area contributed by atoms with E-state index in [1.54, 1.807) is 13.0 Å². The Bertz CT molecular complexity index is 1630. The van der Waals surface area contributed by atoms with Crippen LogP contribution in [0.2, 0.25) is 0 Å². The molecule has 2 heterocycles. The van der Waals surface area contributed by atoms with Crippen LogP contribution < -0.4 is 9.62 Å². The second kappa shape index (κ2) is 12.5. The molecule has 1 fully saturated rings. The highest BCUT2D eigenvalue weighted by Gasteiger charge is 2.34. The van der Waals surface area contributed by atoms with Gasteiger partial charge in [0, 0.05) is 19.2 Å². The molecule has 1 saturated carbocycles. The number of aromatic nitrogens is 1. The molecule has 2 aromatic heterocycles. The van der Waals surface area contributed by atoms with Gasteiger partial charge in [-0.25, -0.2) is 17.5 Å². The maximum Gasteiger partial charge on any atom is 0.472 e. The lowest BCUT2D eigenvalue weighted by atomic mass is 10.0. The van der Waals surface area contributed by atoms with E-state index < -0.39 is 36.5 Å². The average molecular weight is 624 g/mol. The van der Waals surface area contributed by atoms with Gasteiger partial charge in [-0.3, -0.25) is 13.9 Å². The molecule has 1 atom stereocenters. The molecule has 0 unspecified atom stereocenters. The zero-order chi connectivity index (χ0) is 30.8. The molecule has 0 bridgehead atoms. The minimum atomic E-state index is -4.78. The molecule has 0 radical (unpaired) electrons. The van der Waals surface area contributed by atoms with Crippen molar-refractivity contribution in [2.45, 2.75) is 45.4 Å². The Morgan fingerprint density at radius 1 is 1.24 bits per heavy atom. The molecule has 228 valence electrons. The van der Waals surface area contributed by atoms with E-state index in [9.17, 15) is 22.6 Å². The quantitative estimate of drug-likeness (QED) is 0.143. The number of phosphoric acid groups is 1. The van der Waals surface area contributed by atoms with E-state index in [-0.39, 0.29) is 42.7 Å². The van der Waals surface area contributed by atoms with Crippen molar-refractivity contribution in [3.63, 3.8) is 0 Å². The van der Waals surface area contributed by atoms with Gasteiger partial charge in [-0.2, -0.15) is 4.98 Å². The molecule has 13 nitrogen and oxygen atoms in total. The summed E-state index contributed by atoms with van der Waals surface area (Å²) in [6.07, 6.45) is 3.23. The number of sulfonamides is 1. The number of phosphoric ester groups is 1. The Balaban J connectivity index is 1.65. The summed E-state index contributed by atoms with van der Waals surface area (Å²) in [4.78, 5) is 47.3. The molecule has 1 aliphatic carbocycles. The van der Waals surface area contributed by atoms with Crippen molar-refractivity contribution < 1.29 is 46.0 Å². The maximum atomic E-state index is 13.0. The zero-order valence-corrected chi connectivity index (χ0v) is 25.4. The van der Waals surface area contributed by atoms with Crippen LogP contribution in [0.5, 0.6) is 0 Å². The van der Waals surface area contributed by atoms with Crippen LogP contribution in [0.15, 0.2) is 34.7 Å². The van der Waals surface area contributed by atoms with E-state index in [2.05, 4.69) is 14.8 Å². The van der Waals surface area contributed by atoms with Crippen molar-refractivity contribution in [3.8, 4) is 11.3 Å². The Morgan fingerprint density at radius 2 is 1.90 bits per heavy atom. The normalized spacial score (nSPS) is 14.5. The summed E-state index contributed by atoms with van der Waals surface area (Å²) in [5, 5.41) is 3.14. The second-order valence-corrected chi connectivity index (χ2v) is 13.5. The fraction of sp³-hybridized carbons (Fsp3) is 0.444. The minimum absolute atomic E-state index is 0.00148. The lowest BCUT2D eigenvalue weighted by Gasteiger charge is -2.24. The minimum Gasteiger partial charge on any atom is -0.438 e. The summed E-state index contributed by atoms with van der Waals surface area (Å²) in [7, 11) is -7.07. The van der Waals surface area contributed by atoms with E-state index >= 15 is 0 Å². The lowest BCUT2D eigenvalue weighted by Crippen LogP contribution is -2.33. The van der Waals surface area contributed by atoms with Crippen LogP contribution in [-0.2, 0) is 28.6 Å². The highest BCUT2D eigenvalue weighted by molar-refractivity contribution is 7.92. The highest BCUT2D eigenvalue weighted by atomic mass is 32.2. The van der Waals surface area contributed by atoms with E-state index in [0.29, 0.717) is 27.8 Å². The van der Waals surface area contributed by atoms with Crippen molar-refractivity contribution in [1.82, 2.24) is 10.3 Å². The third kappa shape index (κ3) is 7.56. The topological polar surface area (TPSA) is 186 Å². The molecule has 42 heavy (non-hydrogen) atoms. The molecule has 4 rings (SSSR count). The number of anilines is 1. The van der Waals surface area contributed by atoms with Gasteiger partial charge in [0.05, 0.1) is 23.1 Å². The van der Waals surface area contributed by atoms with Crippen LogP contribution in [0, 0.1) is 12.8 Å². The van der Waals surface area contributed by atoms with Crippen molar-refractivity contribution in [2.75, 3.05) is 30.9 Å². The zero-order valence-electron chi connectivity index (χ0n) is 23.7. The summed E-state index contributed by atoms with van der Waals surface area (Å²) >= 11 is 0. The number of benzene rings is 1. The van der Waals surface area contributed by atoms with E-state index in [1.807, 2.05) is 31.2 Å². The third-order valence-electron chi connectivity index (χ3n) is 6.94. The largest absolute Gasteiger partial charge is 0.472 e. The Labute approximate surface area is 243 Å². The fourth-order valence-corrected chi connectivity index (χ4v) is 5.68. The highest BCUT2D eigenvalue weighted by Crippen LogP contribution is 2.47. The number of aryl methyl sites for hydroxylation is 1. The standard InChI is InChI=1S/C27H34N3O10PS/c1-16-7-9-19(10-8-16)23-22(25(31)28-3)21-14-20(18-11-12-18)24(29-26(21)40-23)30(42(4,36)37)13-5-6-17(2)27(32)38-15-39-41(33,34)35/h7-10,14,17-18H,5-6,11-13,15H2,1-4H3,(H,28,31)(H2,33,34,35)/t17-/m0/s1. The maximum absolute atomic E-state index is 13.0. The number of carbonyl (C=O) groups excluding carboxylic acids is 2.